The maximum absolute atomic E-state index is 9.03. The SMILES string of the molecule is CC(CO)C(C)Nc1cc(Cl)ccc1C#N. The Bertz CT molecular complexity index is 400. The van der Waals surface area contributed by atoms with Gasteiger partial charge in [0.25, 0.3) is 0 Å². The quantitative estimate of drug-likeness (QED) is 0.848. The predicted octanol–water partition coefficient (Wildman–Crippen LogP) is 2.64. The number of benzene rings is 1. The molecule has 1 aromatic rings. The normalized spacial score (nSPS) is 13.9. The van der Waals surface area contributed by atoms with Crippen LogP contribution in [0.3, 0.4) is 0 Å². The third-order valence-corrected chi connectivity index (χ3v) is 2.86. The molecular weight excluding hydrogens is 224 g/mol. The van der Waals surface area contributed by atoms with Crippen LogP contribution in [0.1, 0.15) is 19.4 Å². The summed E-state index contributed by atoms with van der Waals surface area (Å²) in [5.41, 5.74) is 1.27. The molecule has 0 fully saturated rings. The number of aliphatic hydroxyl groups excluding tert-OH is 1. The molecule has 0 aliphatic heterocycles. The van der Waals surface area contributed by atoms with Gasteiger partial charge in [-0.3, -0.25) is 0 Å². The second-order valence-corrected chi connectivity index (χ2v) is 4.33. The molecule has 2 N–H and O–H groups in total. The van der Waals surface area contributed by atoms with Crippen molar-refractivity contribution >= 4 is 17.3 Å². The van der Waals surface area contributed by atoms with E-state index < -0.39 is 0 Å². The van der Waals surface area contributed by atoms with Crippen molar-refractivity contribution in [3.8, 4) is 6.07 Å². The highest BCUT2D eigenvalue weighted by Gasteiger charge is 2.12. The molecule has 0 aliphatic carbocycles. The van der Waals surface area contributed by atoms with Gasteiger partial charge >= 0.3 is 0 Å². The third-order valence-electron chi connectivity index (χ3n) is 2.63. The molecule has 86 valence electrons. The molecule has 0 saturated carbocycles. The van der Waals surface area contributed by atoms with Crippen molar-refractivity contribution in [2.24, 2.45) is 5.92 Å². The molecule has 2 unspecified atom stereocenters. The van der Waals surface area contributed by atoms with Gasteiger partial charge in [-0.25, -0.2) is 0 Å². The number of nitriles is 1. The molecule has 2 atom stereocenters. The maximum atomic E-state index is 9.03. The molecule has 4 heteroatoms. The van der Waals surface area contributed by atoms with Crippen LogP contribution < -0.4 is 5.32 Å². The van der Waals surface area contributed by atoms with Crippen molar-refractivity contribution in [3.63, 3.8) is 0 Å². The lowest BCUT2D eigenvalue weighted by Crippen LogP contribution is -2.26. The highest BCUT2D eigenvalue weighted by Crippen LogP contribution is 2.22. The first kappa shape index (κ1) is 12.8. The van der Waals surface area contributed by atoms with Crippen LogP contribution in [0.15, 0.2) is 18.2 Å². The summed E-state index contributed by atoms with van der Waals surface area (Å²) in [6, 6.07) is 7.27. The van der Waals surface area contributed by atoms with E-state index >= 15 is 0 Å². The van der Waals surface area contributed by atoms with Crippen molar-refractivity contribution in [1.82, 2.24) is 0 Å². The zero-order valence-corrected chi connectivity index (χ0v) is 10.1. The van der Waals surface area contributed by atoms with Gasteiger partial charge in [-0.15, -0.1) is 0 Å². The first-order valence-electron chi connectivity index (χ1n) is 5.15. The van der Waals surface area contributed by atoms with E-state index in [2.05, 4.69) is 11.4 Å². The topological polar surface area (TPSA) is 56.0 Å². The number of nitrogens with one attached hydrogen (secondary N) is 1. The van der Waals surface area contributed by atoms with Crippen LogP contribution in [0, 0.1) is 17.2 Å². The molecule has 0 aromatic heterocycles. The van der Waals surface area contributed by atoms with Gasteiger partial charge in [0.1, 0.15) is 6.07 Å². The zero-order chi connectivity index (χ0) is 12.1. The Labute approximate surface area is 101 Å². The van der Waals surface area contributed by atoms with E-state index in [4.69, 9.17) is 22.0 Å². The average molecular weight is 239 g/mol. The minimum absolute atomic E-state index is 0.0792. The number of hydrogen-bond donors (Lipinski definition) is 2. The fourth-order valence-electron chi connectivity index (χ4n) is 1.28. The first-order chi connectivity index (χ1) is 7.58. The van der Waals surface area contributed by atoms with Crippen LogP contribution in [0.2, 0.25) is 5.02 Å². The van der Waals surface area contributed by atoms with Crippen LogP contribution in [0.4, 0.5) is 5.69 Å². The first-order valence-corrected chi connectivity index (χ1v) is 5.53. The number of nitrogens with zero attached hydrogens (tertiary/aromatic N) is 1. The monoisotopic (exact) mass is 238 g/mol. The lowest BCUT2D eigenvalue weighted by atomic mass is 10.0. The summed E-state index contributed by atoms with van der Waals surface area (Å²) < 4.78 is 0. The zero-order valence-electron chi connectivity index (χ0n) is 9.37. The lowest BCUT2D eigenvalue weighted by molar-refractivity contribution is 0.226. The van der Waals surface area contributed by atoms with Gasteiger partial charge in [-0.05, 0) is 31.0 Å². The smallest absolute Gasteiger partial charge is 0.101 e. The van der Waals surface area contributed by atoms with E-state index in [0.29, 0.717) is 16.3 Å². The Morgan fingerprint density at radius 2 is 2.19 bits per heavy atom. The summed E-state index contributed by atoms with van der Waals surface area (Å²) >= 11 is 5.87. The third kappa shape index (κ3) is 3.13. The number of halogens is 1. The average Bonchev–Trinajstić information content (AvgIpc) is 2.28. The summed E-state index contributed by atoms with van der Waals surface area (Å²) in [4.78, 5) is 0. The molecule has 0 radical (unpaired) electrons. The van der Waals surface area contributed by atoms with Gasteiger partial charge in [0.15, 0.2) is 0 Å². The predicted molar refractivity (Wildman–Crippen MR) is 65.5 cm³/mol. The minimum Gasteiger partial charge on any atom is -0.396 e. The summed E-state index contributed by atoms with van der Waals surface area (Å²) in [6.45, 7) is 4.01. The van der Waals surface area contributed by atoms with E-state index in [1.807, 2.05) is 13.8 Å². The molecule has 0 bridgehead atoms. The standard InChI is InChI=1S/C12H15ClN2O/c1-8(7-16)9(2)15-12-5-11(13)4-3-10(12)6-14/h3-5,8-9,15-16H,7H2,1-2H3. The Morgan fingerprint density at radius 1 is 1.50 bits per heavy atom. The Hall–Kier alpha value is -1.24. The number of anilines is 1. The number of hydrogen-bond acceptors (Lipinski definition) is 3. The highest BCUT2D eigenvalue weighted by molar-refractivity contribution is 6.30. The number of rotatable bonds is 4. The number of aliphatic hydroxyl groups is 1. The van der Waals surface area contributed by atoms with Crippen LogP contribution in [0.25, 0.3) is 0 Å². The second kappa shape index (κ2) is 5.74. The van der Waals surface area contributed by atoms with E-state index in [-0.39, 0.29) is 18.6 Å². The van der Waals surface area contributed by atoms with Crippen molar-refractivity contribution in [2.45, 2.75) is 19.9 Å². The van der Waals surface area contributed by atoms with Crippen LogP contribution in [0.5, 0.6) is 0 Å². The molecule has 3 nitrogen and oxygen atoms in total. The van der Waals surface area contributed by atoms with Crippen molar-refractivity contribution in [2.75, 3.05) is 11.9 Å². The molecular formula is C12H15ClN2O. The minimum atomic E-state index is 0.0792. The Morgan fingerprint density at radius 3 is 2.75 bits per heavy atom. The van der Waals surface area contributed by atoms with Gasteiger partial charge in [0.2, 0.25) is 0 Å². The fourth-order valence-corrected chi connectivity index (χ4v) is 1.45. The van der Waals surface area contributed by atoms with Gasteiger partial charge in [-0.1, -0.05) is 18.5 Å². The van der Waals surface area contributed by atoms with Crippen LogP contribution >= 0.6 is 11.6 Å². The van der Waals surface area contributed by atoms with Crippen LogP contribution in [-0.2, 0) is 0 Å². The largest absolute Gasteiger partial charge is 0.396 e. The molecule has 0 spiro atoms. The van der Waals surface area contributed by atoms with Crippen molar-refractivity contribution in [1.29, 1.82) is 5.26 Å². The molecule has 1 aromatic carbocycles. The molecule has 0 heterocycles. The summed E-state index contributed by atoms with van der Waals surface area (Å²) in [6.07, 6.45) is 0. The highest BCUT2D eigenvalue weighted by atomic mass is 35.5. The molecule has 1 rings (SSSR count). The molecule has 0 saturated heterocycles. The Balaban J connectivity index is 2.88. The van der Waals surface area contributed by atoms with Crippen molar-refractivity contribution in [3.05, 3.63) is 28.8 Å². The molecule has 0 aliphatic rings. The van der Waals surface area contributed by atoms with Gasteiger partial charge in [0.05, 0.1) is 11.3 Å². The summed E-state index contributed by atoms with van der Waals surface area (Å²) in [5.74, 6) is 0.116. The maximum Gasteiger partial charge on any atom is 0.101 e. The Kier molecular flexibility index (Phi) is 4.60. The van der Waals surface area contributed by atoms with Gasteiger partial charge in [-0.2, -0.15) is 5.26 Å². The summed E-state index contributed by atoms with van der Waals surface area (Å²) in [5, 5.41) is 21.7. The van der Waals surface area contributed by atoms with E-state index in [1.165, 1.54) is 0 Å². The lowest BCUT2D eigenvalue weighted by Gasteiger charge is -2.21. The molecule has 16 heavy (non-hydrogen) atoms. The van der Waals surface area contributed by atoms with Gasteiger partial charge in [0, 0.05) is 17.7 Å². The fraction of sp³-hybridized carbons (Fsp3) is 0.417. The van der Waals surface area contributed by atoms with Crippen LogP contribution in [-0.4, -0.2) is 17.8 Å². The van der Waals surface area contributed by atoms with E-state index in [9.17, 15) is 0 Å². The summed E-state index contributed by atoms with van der Waals surface area (Å²) in [7, 11) is 0. The van der Waals surface area contributed by atoms with Crippen molar-refractivity contribution < 1.29 is 5.11 Å². The van der Waals surface area contributed by atoms with E-state index in [0.717, 1.165) is 0 Å². The molecule has 0 amide bonds. The second-order valence-electron chi connectivity index (χ2n) is 3.89. The van der Waals surface area contributed by atoms with Gasteiger partial charge < -0.3 is 10.4 Å². The van der Waals surface area contributed by atoms with E-state index in [1.54, 1.807) is 18.2 Å².